The van der Waals surface area contributed by atoms with Crippen molar-refractivity contribution in [3.8, 4) is 0 Å². The van der Waals surface area contributed by atoms with Crippen molar-refractivity contribution in [2.75, 3.05) is 13.1 Å². The third kappa shape index (κ3) is 2.87. The molecule has 0 radical (unpaired) electrons. The van der Waals surface area contributed by atoms with Crippen LogP contribution in [0.25, 0.3) is 0 Å². The Morgan fingerprint density at radius 1 is 1.53 bits per heavy atom. The minimum atomic E-state index is 0. The number of hydrogen-bond donors (Lipinski definition) is 1. The van der Waals surface area contributed by atoms with Gasteiger partial charge in [0.05, 0.1) is 11.7 Å². The van der Waals surface area contributed by atoms with Gasteiger partial charge in [-0.1, -0.05) is 0 Å². The average molecular weight is 229 g/mol. The molecular formula is C10H17ClN4. The minimum absolute atomic E-state index is 0. The van der Waals surface area contributed by atoms with Crippen molar-refractivity contribution in [2.45, 2.75) is 25.4 Å². The Morgan fingerprint density at radius 2 is 2.33 bits per heavy atom. The molecule has 84 valence electrons. The van der Waals surface area contributed by atoms with Gasteiger partial charge in [0.1, 0.15) is 0 Å². The van der Waals surface area contributed by atoms with E-state index in [0.717, 1.165) is 25.2 Å². The van der Waals surface area contributed by atoms with E-state index < -0.39 is 0 Å². The molecule has 0 aliphatic carbocycles. The third-order valence-electron chi connectivity index (χ3n) is 2.82. The van der Waals surface area contributed by atoms with Gasteiger partial charge in [0.15, 0.2) is 0 Å². The van der Waals surface area contributed by atoms with Crippen LogP contribution in [0.2, 0.25) is 0 Å². The SMILES string of the molecule is CC(c1cnccn1)N1CCC(N)C1.Cl. The van der Waals surface area contributed by atoms with Gasteiger partial charge >= 0.3 is 0 Å². The number of hydrogen-bond acceptors (Lipinski definition) is 4. The molecule has 1 aromatic rings. The molecule has 0 spiro atoms. The summed E-state index contributed by atoms with van der Waals surface area (Å²) in [6.45, 7) is 4.19. The monoisotopic (exact) mass is 228 g/mol. The van der Waals surface area contributed by atoms with Crippen molar-refractivity contribution in [1.29, 1.82) is 0 Å². The number of nitrogens with two attached hydrogens (primary N) is 1. The lowest BCUT2D eigenvalue weighted by atomic mass is 10.2. The largest absolute Gasteiger partial charge is 0.326 e. The summed E-state index contributed by atoms with van der Waals surface area (Å²) in [6, 6.07) is 0.659. The molecule has 0 saturated carbocycles. The van der Waals surface area contributed by atoms with E-state index in [0.29, 0.717) is 12.1 Å². The Kier molecular flexibility index (Phi) is 4.45. The Labute approximate surface area is 96.3 Å². The van der Waals surface area contributed by atoms with Crippen LogP contribution in [-0.2, 0) is 0 Å². The second kappa shape index (κ2) is 5.39. The quantitative estimate of drug-likeness (QED) is 0.821. The maximum Gasteiger partial charge on any atom is 0.0755 e. The first-order chi connectivity index (χ1) is 6.77. The van der Waals surface area contributed by atoms with Crippen molar-refractivity contribution in [3.63, 3.8) is 0 Å². The highest BCUT2D eigenvalue weighted by Crippen LogP contribution is 2.21. The summed E-state index contributed by atoms with van der Waals surface area (Å²) in [5.41, 5.74) is 6.89. The summed E-state index contributed by atoms with van der Waals surface area (Å²) in [6.07, 6.45) is 6.35. The van der Waals surface area contributed by atoms with Crippen LogP contribution in [0.5, 0.6) is 0 Å². The minimum Gasteiger partial charge on any atom is -0.326 e. The first-order valence-corrected chi connectivity index (χ1v) is 5.03. The molecule has 5 heteroatoms. The lowest BCUT2D eigenvalue weighted by molar-refractivity contribution is 0.255. The Morgan fingerprint density at radius 3 is 2.87 bits per heavy atom. The topological polar surface area (TPSA) is 55.0 Å². The number of rotatable bonds is 2. The smallest absolute Gasteiger partial charge is 0.0755 e. The van der Waals surface area contributed by atoms with E-state index in [1.54, 1.807) is 12.4 Å². The van der Waals surface area contributed by atoms with Crippen LogP contribution in [0.1, 0.15) is 25.1 Å². The van der Waals surface area contributed by atoms with Crippen LogP contribution in [-0.4, -0.2) is 34.0 Å². The van der Waals surface area contributed by atoms with E-state index in [4.69, 9.17) is 5.73 Å². The molecule has 1 aliphatic heterocycles. The molecule has 4 nitrogen and oxygen atoms in total. The Hall–Kier alpha value is -0.710. The molecule has 2 N–H and O–H groups in total. The van der Waals surface area contributed by atoms with Crippen LogP contribution in [0, 0.1) is 0 Å². The highest BCUT2D eigenvalue weighted by atomic mass is 35.5. The molecule has 2 rings (SSSR count). The Bertz CT molecular complexity index is 293. The van der Waals surface area contributed by atoms with E-state index in [-0.39, 0.29) is 12.4 Å². The number of nitrogens with zero attached hydrogens (tertiary/aromatic N) is 3. The van der Waals surface area contributed by atoms with Gasteiger partial charge in [-0.05, 0) is 13.3 Å². The van der Waals surface area contributed by atoms with Crippen LogP contribution in [0.3, 0.4) is 0 Å². The highest BCUT2D eigenvalue weighted by molar-refractivity contribution is 5.85. The van der Waals surface area contributed by atoms with E-state index in [1.165, 1.54) is 0 Å². The van der Waals surface area contributed by atoms with Crippen molar-refractivity contribution in [2.24, 2.45) is 5.73 Å². The van der Waals surface area contributed by atoms with Gasteiger partial charge in [0, 0.05) is 37.7 Å². The lowest BCUT2D eigenvalue weighted by Crippen LogP contribution is -2.29. The molecule has 2 unspecified atom stereocenters. The number of halogens is 1. The Balaban J connectivity index is 0.00000112. The van der Waals surface area contributed by atoms with Crippen LogP contribution in [0.15, 0.2) is 18.6 Å². The molecule has 0 amide bonds. The maximum atomic E-state index is 5.86. The predicted octanol–water partition coefficient (Wildman–Crippen LogP) is 0.992. The summed E-state index contributed by atoms with van der Waals surface area (Å²) in [5.74, 6) is 0. The van der Waals surface area contributed by atoms with Crippen molar-refractivity contribution in [1.82, 2.24) is 14.9 Å². The molecule has 1 aliphatic rings. The molecule has 2 atom stereocenters. The van der Waals surface area contributed by atoms with Gasteiger partial charge in [-0.2, -0.15) is 0 Å². The molecular weight excluding hydrogens is 212 g/mol. The van der Waals surface area contributed by atoms with Gasteiger partial charge in [-0.25, -0.2) is 0 Å². The van der Waals surface area contributed by atoms with Crippen molar-refractivity contribution in [3.05, 3.63) is 24.3 Å². The fraction of sp³-hybridized carbons (Fsp3) is 0.600. The zero-order valence-electron chi connectivity index (χ0n) is 8.84. The van der Waals surface area contributed by atoms with Gasteiger partial charge in [-0.15, -0.1) is 12.4 Å². The lowest BCUT2D eigenvalue weighted by Gasteiger charge is -2.22. The van der Waals surface area contributed by atoms with Crippen LogP contribution < -0.4 is 5.73 Å². The van der Waals surface area contributed by atoms with Gasteiger partial charge in [0.2, 0.25) is 0 Å². The van der Waals surface area contributed by atoms with Crippen molar-refractivity contribution < 1.29 is 0 Å². The van der Waals surface area contributed by atoms with Gasteiger partial charge in [-0.3, -0.25) is 14.9 Å². The summed E-state index contributed by atoms with van der Waals surface area (Å²) in [4.78, 5) is 10.7. The first kappa shape index (κ1) is 12.4. The second-order valence-electron chi connectivity index (χ2n) is 3.85. The van der Waals surface area contributed by atoms with Crippen molar-refractivity contribution >= 4 is 12.4 Å². The fourth-order valence-corrected chi connectivity index (χ4v) is 1.88. The van der Waals surface area contributed by atoms with Gasteiger partial charge < -0.3 is 5.73 Å². The zero-order chi connectivity index (χ0) is 9.97. The van der Waals surface area contributed by atoms with E-state index in [9.17, 15) is 0 Å². The van der Waals surface area contributed by atoms with E-state index >= 15 is 0 Å². The standard InChI is InChI=1S/C10H16N4.ClH/c1-8(10-6-12-3-4-13-10)14-5-2-9(11)7-14;/h3-4,6,8-9H,2,5,7,11H2,1H3;1H. The molecule has 1 fully saturated rings. The second-order valence-corrected chi connectivity index (χ2v) is 3.85. The molecule has 0 bridgehead atoms. The molecule has 2 heterocycles. The summed E-state index contributed by atoms with van der Waals surface area (Å²) in [7, 11) is 0. The van der Waals surface area contributed by atoms with E-state index in [2.05, 4.69) is 21.8 Å². The zero-order valence-corrected chi connectivity index (χ0v) is 9.65. The first-order valence-electron chi connectivity index (χ1n) is 5.03. The predicted molar refractivity (Wildman–Crippen MR) is 61.9 cm³/mol. The van der Waals surface area contributed by atoms with Gasteiger partial charge in [0.25, 0.3) is 0 Å². The van der Waals surface area contributed by atoms with Crippen LogP contribution in [0.4, 0.5) is 0 Å². The third-order valence-corrected chi connectivity index (χ3v) is 2.82. The fourth-order valence-electron chi connectivity index (χ4n) is 1.88. The molecule has 15 heavy (non-hydrogen) atoms. The molecule has 1 aromatic heterocycles. The highest BCUT2D eigenvalue weighted by Gasteiger charge is 2.24. The normalized spacial score (nSPS) is 23.5. The number of aromatic nitrogens is 2. The number of likely N-dealkylation sites (tertiary alicyclic amines) is 1. The van der Waals surface area contributed by atoms with Crippen LogP contribution >= 0.6 is 12.4 Å². The summed E-state index contributed by atoms with van der Waals surface area (Å²) < 4.78 is 0. The van der Waals surface area contributed by atoms with E-state index in [1.807, 2.05) is 6.20 Å². The molecule has 0 aromatic carbocycles. The molecule has 1 saturated heterocycles. The maximum absolute atomic E-state index is 5.86. The summed E-state index contributed by atoms with van der Waals surface area (Å²) in [5, 5.41) is 0. The average Bonchev–Trinajstić information content (AvgIpc) is 2.65. The summed E-state index contributed by atoms with van der Waals surface area (Å²) >= 11 is 0.